The van der Waals surface area contributed by atoms with Gasteiger partial charge in [-0.15, -0.1) is 0 Å². The average molecular weight is 251 g/mol. The largest absolute Gasteiger partial charge is 0.328 e. The topological polar surface area (TPSA) is 81.8 Å². The normalized spacial score (nSPS) is 10.2. The van der Waals surface area contributed by atoms with Gasteiger partial charge in [0.25, 0.3) is 0 Å². The minimum atomic E-state index is -0.583. The van der Waals surface area contributed by atoms with Gasteiger partial charge in [0, 0.05) is 18.3 Å². The third-order valence-corrected chi connectivity index (χ3v) is 2.39. The van der Waals surface area contributed by atoms with E-state index in [1.54, 1.807) is 24.4 Å². The summed E-state index contributed by atoms with van der Waals surface area (Å²) in [6.45, 7) is 0. The van der Waals surface area contributed by atoms with Crippen LogP contribution in [0, 0.1) is 10.1 Å². The van der Waals surface area contributed by atoms with Crippen LogP contribution in [0.4, 0.5) is 5.69 Å². The van der Waals surface area contributed by atoms with Crippen molar-refractivity contribution in [1.82, 2.24) is 15.0 Å². The van der Waals surface area contributed by atoms with Gasteiger partial charge in [-0.25, -0.2) is 9.97 Å². The summed E-state index contributed by atoms with van der Waals surface area (Å²) >= 11 is 5.68. The molecular weight excluding hydrogens is 244 g/mol. The molecule has 7 heteroatoms. The Labute approximate surface area is 101 Å². The van der Waals surface area contributed by atoms with Crippen LogP contribution in [-0.4, -0.2) is 19.9 Å². The monoisotopic (exact) mass is 250 g/mol. The summed E-state index contributed by atoms with van der Waals surface area (Å²) in [7, 11) is 0. The van der Waals surface area contributed by atoms with Crippen molar-refractivity contribution in [2.75, 3.05) is 0 Å². The van der Waals surface area contributed by atoms with Crippen LogP contribution in [0.3, 0.4) is 0 Å². The molecule has 86 valence electrons. The second-order valence-corrected chi connectivity index (χ2v) is 3.57. The molecule has 2 heterocycles. The molecule has 0 saturated heterocycles. The Morgan fingerprint density at radius 2 is 2.12 bits per heavy atom. The highest BCUT2D eigenvalue weighted by Gasteiger charge is 2.21. The highest BCUT2D eigenvalue weighted by atomic mass is 35.5. The molecule has 0 atom stereocenters. The molecule has 0 unspecified atom stereocenters. The fourth-order valence-corrected chi connectivity index (χ4v) is 1.60. The van der Waals surface area contributed by atoms with Crippen molar-refractivity contribution in [2.45, 2.75) is 6.42 Å². The number of rotatable bonds is 3. The standard InChI is InChI=1S/C10H7ClN4O2/c11-10-9(15(16)17)8(13-6-14-10)5-7-3-1-2-4-12-7/h1-4,6H,5H2. The van der Waals surface area contributed by atoms with E-state index in [-0.39, 0.29) is 23.0 Å². The van der Waals surface area contributed by atoms with E-state index in [2.05, 4.69) is 15.0 Å². The molecule has 0 aliphatic heterocycles. The molecule has 0 N–H and O–H groups in total. The Morgan fingerprint density at radius 1 is 1.29 bits per heavy atom. The number of pyridine rings is 1. The van der Waals surface area contributed by atoms with E-state index in [4.69, 9.17) is 11.6 Å². The molecule has 0 bridgehead atoms. The molecular formula is C10H7ClN4O2. The van der Waals surface area contributed by atoms with Crippen LogP contribution in [0.5, 0.6) is 0 Å². The molecule has 0 radical (unpaired) electrons. The highest BCUT2D eigenvalue weighted by molar-refractivity contribution is 6.31. The zero-order chi connectivity index (χ0) is 12.3. The maximum absolute atomic E-state index is 10.9. The molecule has 2 rings (SSSR count). The molecule has 0 aliphatic carbocycles. The van der Waals surface area contributed by atoms with E-state index in [1.807, 2.05) is 0 Å². The maximum Gasteiger partial charge on any atom is 0.328 e. The lowest BCUT2D eigenvalue weighted by Crippen LogP contribution is -2.02. The zero-order valence-corrected chi connectivity index (χ0v) is 9.33. The minimum Gasteiger partial charge on any atom is -0.261 e. The minimum absolute atomic E-state index is 0.157. The summed E-state index contributed by atoms with van der Waals surface area (Å²) in [5.41, 5.74) is 0.680. The summed E-state index contributed by atoms with van der Waals surface area (Å²) in [5, 5.41) is 10.7. The first-order chi connectivity index (χ1) is 8.18. The van der Waals surface area contributed by atoms with Gasteiger partial charge in [-0.1, -0.05) is 17.7 Å². The Balaban J connectivity index is 2.40. The number of nitro groups is 1. The molecule has 0 saturated carbocycles. The van der Waals surface area contributed by atoms with E-state index in [0.29, 0.717) is 5.69 Å². The van der Waals surface area contributed by atoms with Crippen molar-refractivity contribution < 1.29 is 4.92 Å². The Bertz CT molecular complexity index is 547. The zero-order valence-electron chi connectivity index (χ0n) is 8.58. The van der Waals surface area contributed by atoms with Crippen molar-refractivity contribution in [3.63, 3.8) is 0 Å². The molecule has 2 aromatic heterocycles. The van der Waals surface area contributed by atoms with Gasteiger partial charge in [0.1, 0.15) is 12.0 Å². The number of hydrogen-bond donors (Lipinski definition) is 0. The van der Waals surface area contributed by atoms with E-state index in [0.717, 1.165) is 0 Å². The summed E-state index contributed by atoms with van der Waals surface area (Å²) in [5.74, 6) is 0. The molecule has 0 amide bonds. The van der Waals surface area contributed by atoms with E-state index in [1.165, 1.54) is 6.33 Å². The average Bonchev–Trinajstić information content (AvgIpc) is 2.30. The molecule has 0 aromatic carbocycles. The maximum atomic E-state index is 10.9. The lowest BCUT2D eigenvalue weighted by molar-refractivity contribution is -0.386. The SMILES string of the molecule is O=[N+]([O-])c1c(Cl)ncnc1Cc1ccccn1. The Kier molecular flexibility index (Phi) is 3.24. The van der Waals surface area contributed by atoms with Gasteiger partial charge in [0.15, 0.2) is 0 Å². The van der Waals surface area contributed by atoms with E-state index < -0.39 is 4.92 Å². The van der Waals surface area contributed by atoms with Gasteiger partial charge < -0.3 is 0 Å². The molecule has 6 nitrogen and oxygen atoms in total. The van der Waals surface area contributed by atoms with Crippen molar-refractivity contribution >= 4 is 17.3 Å². The third kappa shape index (κ3) is 2.54. The van der Waals surface area contributed by atoms with Gasteiger partial charge in [0.2, 0.25) is 5.15 Å². The number of halogens is 1. The van der Waals surface area contributed by atoms with Gasteiger partial charge in [-0.3, -0.25) is 15.1 Å². The number of aromatic nitrogens is 3. The van der Waals surface area contributed by atoms with Crippen molar-refractivity contribution in [2.24, 2.45) is 0 Å². The predicted molar refractivity (Wildman–Crippen MR) is 60.7 cm³/mol. The fourth-order valence-electron chi connectivity index (χ4n) is 1.37. The van der Waals surface area contributed by atoms with Crippen molar-refractivity contribution in [3.8, 4) is 0 Å². The Hall–Kier alpha value is -2.08. The van der Waals surface area contributed by atoms with Gasteiger partial charge in [0.05, 0.1) is 4.92 Å². The first-order valence-electron chi connectivity index (χ1n) is 4.72. The first kappa shape index (κ1) is 11.4. The van der Waals surface area contributed by atoms with Gasteiger partial charge >= 0.3 is 5.69 Å². The van der Waals surface area contributed by atoms with Crippen LogP contribution in [-0.2, 0) is 6.42 Å². The quantitative estimate of drug-likeness (QED) is 0.473. The summed E-state index contributed by atoms with van der Waals surface area (Å²) in [6, 6.07) is 5.33. The van der Waals surface area contributed by atoms with Gasteiger partial charge in [-0.05, 0) is 12.1 Å². The van der Waals surface area contributed by atoms with Crippen LogP contribution in [0.1, 0.15) is 11.4 Å². The molecule has 0 aliphatic rings. The molecule has 0 fully saturated rings. The highest BCUT2D eigenvalue weighted by Crippen LogP contribution is 2.25. The first-order valence-corrected chi connectivity index (χ1v) is 5.10. The molecule has 17 heavy (non-hydrogen) atoms. The second kappa shape index (κ2) is 4.84. The second-order valence-electron chi connectivity index (χ2n) is 3.21. The lowest BCUT2D eigenvalue weighted by atomic mass is 10.2. The molecule has 2 aromatic rings. The van der Waals surface area contributed by atoms with Gasteiger partial charge in [-0.2, -0.15) is 0 Å². The third-order valence-electron chi connectivity index (χ3n) is 2.11. The van der Waals surface area contributed by atoms with Crippen LogP contribution in [0.2, 0.25) is 5.15 Å². The molecule has 0 spiro atoms. The fraction of sp³-hybridized carbons (Fsp3) is 0.100. The van der Waals surface area contributed by atoms with E-state index in [9.17, 15) is 10.1 Å². The van der Waals surface area contributed by atoms with Crippen LogP contribution >= 0.6 is 11.6 Å². The predicted octanol–water partition coefficient (Wildman–Crippen LogP) is 2.02. The Morgan fingerprint density at radius 3 is 2.76 bits per heavy atom. The summed E-state index contributed by atoms with van der Waals surface area (Å²) < 4.78 is 0. The number of hydrogen-bond acceptors (Lipinski definition) is 5. The number of nitrogens with zero attached hydrogens (tertiary/aromatic N) is 4. The lowest BCUT2D eigenvalue weighted by Gasteiger charge is -2.02. The summed E-state index contributed by atoms with van der Waals surface area (Å²) in [4.78, 5) is 21.8. The van der Waals surface area contributed by atoms with Crippen LogP contribution < -0.4 is 0 Å². The summed E-state index contributed by atoms with van der Waals surface area (Å²) in [6.07, 6.45) is 3.07. The van der Waals surface area contributed by atoms with Crippen LogP contribution in [0.25, 0.3) is 0 Å². The van der Waals surface area contributed by atoms with Crippen molar-refractivity contribution in [3.05, 3.63) is 57.4 Å². The van der Waals surface area contributed by atoms with Crippen LogP contribution in [0.15, 0.2) is 30.7 Å². The van der Waals surface area contributed by atoms with Crippen molar-refractivity contribution in [1.29, 1.82) is 0 Å². The smallest absolute Gasteiger partial charge is 0.261 e. The van der Waals surface area contributed by atoms with E-state index >= 15 is 0 Å².